The third-order valence-corrected chi connectivity index (χ3v) is 7.46. The summed E-state index contributed by atoms with van der Waals surface area (Å²) in [5, 5.41) is 3.61. The monoisotopic (exact) mass is 418 g/mol. The molecule has 2 atom stereocenters. The van der Waals surface area contributed by atoms with Crippen LogP contribution in [0.2, 0.25) is 0 Å². The summed E-state index contributed by atoms with van der Waals surface area (Å²) in [5.74, 6) is 1.33. The second-order valence-corrected chi connectivity index (χ2v) is 9.49. The van der Waals surface area contributed by atoms with Crippen molar-refractivity contribution in [3.63, 3.8) is 0 Å². The van der Waals surface area contributed by atoms with Gasteiger partial charge in [-0.15, -0.1) is 0 Å². The van der Waals surface area contributed by atoms with Gasteiger partial charge in [-0.25, -0.2) is 0 Å². The number of thioether (sulfide) groups is 1. The highest BCUT2D eigenvalue weighted by Gasteiger charge is 2.29. The molecular weight excluding hydrogens is 384 g/mol. The Hall–Kier alpha value is -1.57. The highest BCUT2D eigenvalue weighted by Crippen LogP contribution is 2.24. The number of amides is 2. The number of hydrogen-bond donors (Lipinski definition) is 1. The van der Waals surface area contributed by atoms with E-state index in [2.05, 4.69) is 35.9 Å². The third-order valence-electron chi connectivity index (χ3n) is 6.12. The second-order valence-electron chi connectivity index (χ2n) is 8.00. The fraction of sp³-hybridized carbons (Fsp3) is 0.636. The summed E-state index contributed by atoms with van der Waals surface area (Å²) >= 11 is 1.99. The number of rotatable bonds is 6. The van der Waals surface area contributed by atoms with Crippen LogP contribution in [0.15, 0.2) is 24.3 Å². The first-order valence-electron chi connectivity index (χ1n) is 10.7. The minimum absolute atomic E-state index is 0.0132. The molecular formula is C22H34N4O2S. The number of benzene rings is 1. The van der Waals surface area contributed by atoms with Crippen molar-refractivity contribution >= 4 is 29.3 Å². The number of piperazine rings is 1. The number of anilines is 1. The molecule has 2 heterocycles. The van der Waals surface area contributed by atoms with Crippen LogP contribution in [0, 0.1) is 0 Å². The number of para-hydroxylation sites is 1. The summed E-state index contributed by atoms with van der Waals surface area (Å²) in [6, 6.07) is 8.38. The lowest BCUT2D eigenvalue weighted by molar-refractivity contribution is -0.134. The molecule has 2 saturated heterocycles. The number of hydrogen-bond acceptors (Lipinski definition) is 5. The van der Waals surface area contributed by atoms with E-state index in [1.807, 2.05) is 40.9 Å². The molecule has 2 unspecified atom stereocenters. The van der Waals surface area contributed by atoms with Crippen molar-refractivity contribution in [3.05, 3.63) is 29.8 Å². The molecule has 7 heteroatoms. The first kappa shape index (κ1) is 22.1. The van der Waals surface area contributed by atoms with Gasteiger partial charge in [0.15, 0.2) is 0 Å². The van der Waals surface area contributed by atoms with Crippen LogP contribution in [0.1, 0.15) is 26.3 Å². The van der Waals surface area contributed by atoms with E-state index >= 15 is 0 Å². The molecule has 2 aliphatic rings. The van der Waals surface area contributed by atoms with Crippen LogP contribution in [-0.4, -0.2) is 89.4 Å². The quantitative estimate of drug-likeness (QED) is 0.767. The largest absolute Gasteiger partial charge is 0.339 e. The predicted molar refractivity (Wildman–Crippen MR) is 120 cm³/mol. The number of aryl methyl sites for hydroxylation is 1. The number of carbonyl (C=O) groups is 2. The van der Waals surface area contributed by atoms with Gasteiger partial charge in [0.1, 0.15) is 0 Å². The van der Waals surface area contributed by atoms with Gasteiger partial charge in [0, 0.05) is 55.5 Å². The zero-order chi connectivity index (χ0) is 20.8. The maximum absolute atomic E-state index is 12.7. The fourth-order valence-electron chi connectivity index (χ4n) is 3.99. The van der Waals surface area contributed by atoms with Crippen LogP contribution in [0.25, 0.3) is 0 Å². The molecule has 0 radical (unpaired) electrons. The van der Waals surface area contributed by atoms with E-state index in [0.717, 1.165) is 43.1 Å². The Labute approximate surface area is 179 Å². The maximum atomic E-state index is 12.7. The van der Waals surface area contributed by atoms with Crippen molar-refractivity contribution in [2.75, 3.05) is 56.9 Å². The smallest absolute Gasteiger partial charge is 0.238 e. The Balaban J connectivity index is 1.43. The highest BCUT2D eigenvalue weighted by molar-refractivity contribution is 8.00. The van der Waals surface area contributed by atoms with Gasteiger partial charge < -0.3 is 10.2 Å². The van der Waals surface area contributed by atoms with E-state index in [-0.39, 0.29) is 11.8 Å². The van der Waals surface area contributed by atoms with Crippen molar-refractivity contribution in [1.82, 2.24) is 14.7 Å². The molecule has 0 saturated carbocycles. The topological polar surface area (TPSA) is 55.9 Å². The number of nitrogens with one attached hydrogen (secondary N) is 1. The van der Waals surface area contributed by atoms with E-state index in [4.69, 9.17) is 0 Å². The fourth-order valence-corrected chi connectivity index (χ4v) is 5.15. The van der Waals surface area contributed by atoms with Gasteiger partial charge in [0.25, 0.3) is 0 Å². The van der Waals surface area contributed by atoms with Crippen molar-refractivity contribution in [3.8, 4) is 0 Å². The minimum Gasteiger partial charge on any atom is -0.339 e. The van der Waals surface area contributed by atoms with Gasteiger partial charge in [-0.1, -0.05) is 32.0 Å². The zero-order valence-electron chi connectivity index (χ0n) is 17.9. The molecule has 0 spiro atoms. The van der Waals surface area contributed by atoms with Crippen LogP contribution in [0.3, 0.4) is 0 Å². The normalized spacial score (nSPS) is 23.8. The van der Waals surface area contributed by atoms with Gasteiger partial charge in [-0.2, -0.15) is 11.8 Å². The zero-order valence-corrected chi connectivity index (χ0v) is 18.7. The summed E-state index contributed by atoms with van der Waals surface area (Å²) in [4.78, 5) is 31.6. The van der Waals surface area contributed by atoms with Crippen molar-refractivity contribution in [2.45, 2.75) is 38.5 Å². The van der Waals surface area contributed by atoms with E-state index in [1.165, 1.54) is 0 Å². The summed E-state index contributed by atoms with van der Waals surface area (Å²) in [7, 11) is 0. The van der Waals surface area contributed by atoms with Crippen LogP contribution in [0.4, 0.5) is 5.69 Å². The van der Waals surface area contributed by atoms with Crippen molar-refractivity contribution in [2.24, 2.45) is 0 Å². The standard InChI is InChI=1S/C22H34N4O2S/c1-4-19-7-5-6-8-20(19)23-21(27)15-24-9-11-25(12-10-24)22(28)16-26-13-14-29-18(3)17(26)2/h5-8,17-18H,4,9-16H2,1-3H3,(H,23,27). The molecule has 0 aliphatic carbocycles. The van der Waals surface area contributed by atoms with Crippen LogP contribution < -0.4 is 5.32 Å². The van der Waals surface area contributed by atoms with Crippen LogP contribution in [0.5, 0.6) is 0 Å². The van der Waals surface area contributed by atoms with Crippen molar-refractivity contribution < 1.29 is 9.59 Å². The molecule has 1 aromatic rings. The Bertz CT molecular complexity index is 706. The minimum atomic E-state index is 0.0132. The van der Waals surface area contributed by atoms with E-state index in [0.29, 0.717) is 37.5 Å². The molecule has 1 aromatic carbocycles. The summed E-state index contributed by atoms with van der Waals surface area (Å²) in [5.41, 5.74) is 2.05. The van der Waals surface area contributed by atoms with E-state index in [1.54, 1.807) is 0 Å². The molecule has 29 heavy (non-hydrogen) atoms. The Morgan fingerprint density at radius 3 is 2.52 bits per heavy atom. The average Bonchev–Trinajstić information content (AvgIpc) is 2.72. The van der Waals surface area contributed by atoms with Crippen molar-refractivity contribution in [1.29, 1.82) is 0 Å². The molecule has 2 amide bonds. The molecule has 0 aromatic heterocycles. The number of carbonyl (C=O) groups excluding carboxylic acids is 2. The van der Waals surface area contributed by atoms with Gasteiger partial charge in [-0.05, 0) is 25.0 Å². The molecule has 160 valence electrons. The third kappa shape index (κ3) is 5.96. The van der Waals surface area contributed by atoms with Gasteiger partial charge >= 0.3 is 0 Å². The predicted octanol–water partition coefficient (Wildman–Crippen LogP) is 2.16. The second kappa shape index (κ2) is 10.5. The lowest BCUT2D eigenvalue weighted by Gasteiger charge is -2.39. The Morgan fingerprint density at radius 2 is 1.79 bits per heavy atom. The molecule has 0 bridgehead atoms. The summed E-state index contributed by atoms with van der Waals surface area (Å²) in [6.07, 6.45) is 0.893. The Morgan fingerprint density at radius 1 is 1.07 bits per heavy atom. The summed E-state index contributed by atoms with van der Waals surface area (Å²) in [6.45, 7) is 11.3. The van der Waals surface area contributed by atoms with E-state index in [9.17, 15) is 9.59 Å². The molecule has 3 rings (SSSR count). The lowest BCUT2D eigenvalue weighted by atomic mass is 10.1. The molecule has 2 aliphatic heterocycles. The highest BCUT2D eigenvalue weighted by atomic mass is 32.2. The first-order chi connectivity index (χ1) is 14.0. The van der Waals surface area contributed by atoms with Crippen LogP contribution in [-0.2, 0) is 16.0 Å². The number of nitrogens with zero attached hydrogens (tertiary/aromatic N) is 3. The maximum Gasteiger partial charge on any atom is 0.238 e. The SMILES string of the molecule is CCc1ccccc1NC(=O)CN1CCN(C(=O)CN2CCSC(C)C2C)CC1. The Kier molecular flexibility index (Phi) is 7.98. The first-order valence-corrected chi connectivity index (χ1v) is 11.8. The average molecular weight is 419 g/mol. The van der Waals surface area contributed by atoms with Gasteiger partial charge in [0.2, 0.25) is 11.8 Å². The van der Waals surface area contributed by atoms with E-state index < -0.39 is 0 Å². The van der Waals surface area contributed by atoms with Gasteiger partial charge in [-0.3, -0.25) is 19.4 Å². The molecule has 1 N–H and O–H groups in total. The molecule has 2 fully saturated rings. The summed E-state index contributed by atoms with van der Waals surface area (Å²) < 4.78 is 0. The van der Waals surface area contributed by atoms with Crippen LogP contribution >= 0.6 is 11.8 Å². The molecule has 6 nitrogen and oxygen atoms in total. The van der Waals surface area contributed by atoms with Gasteiger partial charge in [0.05, 0.1) is 13.1 Å². The lowest BCUT2D eigenvalue weighted by Crippen LogP contribution is -2.54.